The highest BCUT2D eigenvalue weighted by Crippen LogP contribution is 2.20. The maximum atomic E-state index is 12.6. The van der Waals surface area contributed by atoms with Crippen LogP contribution in [-0.2, 0) is 0 Å². The minimum absolute atomic E-state index is 0.313. The van der Waals surface area contributed by atoms with Gasteiger partial charge in [-0.3, -0.25) is 9.59 Å². The Hall–Kier alpha value is -3.45. The first kappa shape index (κ1) is 21.3. The molecule has 0 aliphatic heterocycles. The second-order valence-corrected chi connectivity index (χ2v) is 7.52. The van der Waals surface area contributed by atoms with Crippen molar-refractivity contribution in [2.45, 2.75) is 0 Å². The van der Waals surface area contributed by atoms with Crippen LogP contribution in [0.15, 0.2) is 82.4 Å². The molecular formula is C23H21BrN4O2. The Labute approximate surface area is 183 Å². The van der Waals surface area contributed by atoms with Crippen molar-refractivity contribution < 1.29 is 9.59 Å². The van der Waals surface area contributed by atoms with E-state index in [0.717, 1.165) is 11.3 Å². The van der Waals surface area contributed by atoms with Crippen LogP contribution in [0, 0.1) is 0 Å². The number of hydrazone groups is 1. The number of carbonyl (C=O) groups excluding carboxylic acids is 2. The van der Waals surface area contributed by atoms with Crippen LogP contribution >= 0.6 is 15.9 Å². The first-order chi connectivity index (χ1) is 14.5. The van der Waals surface area contributed by atoms with E-state index in [4.69, 9.17) is 0 Å². The number of hydrogen-bond acceptors (Lipinski definition) is 4. The third-order valence-electron chi connectivity index (χ3n) is 4.33. The summed E-state index contributed by atoms with van der Waals surface area (Å²) in [6.45, 7) is 0. The van der Waals surface area contributed by atoms with Gasteiger partial charge < -0.3 is 10.2 Å². The van der Waals surface area contributed by atoms with Gasteiger partial charge in [0.15, 0.2) is 0 Å². The number of anilines is 2. The molecule has 0 aromatic heterocycles. The third-order valence-corrected chi connectivity index (χ3v) is 5.02. The summed E-state index contributed by atoms with van der Waals surface area (Å²) in [7, 11) is 3.94. The fourth-order valence-corrected chi connectivity index (χ4v) is 3.17. The van der Waals surface area contributed by atoms with Gasteiger partial charge in [-0.2, -0.15) is 5.10 Å². The molecule has 30 heavy (non-hydrogen) atoms. The highest BCUT2D eigenvalue weighted by atomic mass is 79.9. The molecule has 0 saturated carbocycles. The van der Waals surface area contributed by atoms with Crippen molar-refractivity contribution >= 4 is 45.3 Å². The zero-order chi connectivity index (χ0) is 21.5. The molecule has 0 spiro atoms. The summed E-state index contributed by atoms with van der Waals surface area (Å²) >= 11 is 3.36. The van der Waals surface area contributed by atoms with Gasteiger partial charge >= 0.3 is 0 Å². The number of nitrogens with one attached hydrogen (secondary N) is 2. The first-order valence-corrected chi connectivity index (χ1v) is 10.0. The molecule has 3 aromatic rings. The van der Waals surface area contributed by atoms with E-state index in [1.165, 1.54) is 0 Å². The molecule has 0 radical (unpaired) electrons. The summed E-state index contributed by atoms with van der Waals surface area (Å²) in [5.41, 5.74) is 5.64. The first-order valence-electron chi connectivity index (χ1n) is 9.21. The second-order valence-electron chi connectivity index (χ2n) is 6.66. The normalized spacial score (nSPS) is 10.6. The number of rotatable bonds is 6. The summed E-state index contributed by atoms with van der Waals surface area (Å²) in [6.07, 6.45) is 1.57. The minimum atomic E-state index is -0.417. The van der Waals surface area contributed by atoms with Gasteiger partial charge in [0.25, 0.3) is 11.8 Å². The maximum Gasteiger partial charge on any atom is 0.273 e. The van der Waals surface area contributed by atoms with E-state index in [1.54, 1.807) is 48.7 Å². The smallest absolute Gasteiger partial charge is 0.273 e. The van der Waals surface area contributed by atoms with Gasteiger partial charge in [-0.05, 0) is 57.9 Å². The number of halogens is 1. The number of para-hydroxylation sites is 1. The Bertz CT molecular complexity index is 1080. The van der Waals surface area contributed by atoms with Crippen LogP contribution in [0.4, 0.5) is 11.4 Å². The molecule has 0 bridgehead atoms. The Balaban J connectivity index is 1.69. The van der Waals surface area contributed by atoms with Crippen LogP contribution in [0.2, 0.25) is 0 Å². The van der Waals surface area contributed by atoms with E-state index in [0.29, 0.717) is 21.3 Å². The number of carbonyl (C=O) groups is 2. The summed E-state index contributed by atoms with van der Waals surface area (Å²) in [6, 6.07) is 21.6. The van der Waals surface area contributed by atoms with Crippen molar-refractivity contribution in [1.82, 2.24) is 5.43 Å². The highest BCUT2D eigenvalue weighted by Gasteiger charge is 2.15. The van der Waals surface area contributed by atoms with Crippen molar-refractivity contribution in [3.05, 3.63) is 94.0 Å². The number of nitrogens with zero attached hydrogens (tertiary/aromatic N) is 2. The molecule has 7 heteroatoms. The molecule has 2 N–H and O–H groups in total. The molecule has 3 aromatic carbocycles. The van der Waals surface area contributed by atoms with Crippen molar-refractivity contribution in [3.8, 4) is 0 Å². The fraction of sp³-hybridized carbons (Fsp3) is 0.0870. The Morgan fingerprint density at radius 3 is 2.17 bits per heavy atom. The van der Waals surface area contributed by atoms with E-state index in [1.807, 2.05) is 49.3 Å². The van der Waals surface area contributed by atoms with Crippen LogP contribution in [0.1, 0.15) is 26.3 Å². The van der Waals surface area contributed by atoms with Crippen LogP contribution in [0.3, 0.4) is 0 Å². The molecule has 3 rings (SSSR count). The van der Waals surface area contributed by atoms with Gasteiger partial charge in [0.05, 0.1) is 23.0 Å². The monoisotopic (exact) mass is 464 g/mol. The largest absolute Gasteiger partial charge is 0.378 e. The Morgan fingerprint density at radius 2 is 1.50 bits per heavy atom. The number of benzene rings is 3. The van der Waals surface area contributed by atoms with Crippen molar-refractivity contribution in [2.75, 3.05) is 24.3 Å². The van der Waals surface area contributed by atoms with Gasteiger partial charge in [-0.15, -0.1) is 0 Å². The molecule has 2 amide bonds. The predicted molar refractivity (Wildman–Crippen MR) is 124 cm³/mol. The van der Waals surface area contributed by atoms with E-state index < -0.39 is 5.91 Å². The lowest BCUT2D eigenvalue weighted by molar-refractivity contribution is 0.0956. The zero-order valence-electron chi connectivity index (χ0n) is 16.6. The van der Waals surface area contributed by atoms with Gasteiger partial charge in [-0.1, -0.05) is 36.4 Å². The third kappa shape index (κ3) is 5.33. The molecule has 152 valence electrons. The van der Waals surface area contributed by atoms with Gasteiger partial charge in [0.2, 0.25) is 0 Å². The summed E-state index contributed by atoms with van der Waals surface area (Å²) < 4.78 is 0.675. The molecule has 0 aliphatic carbocycles. The van der Waals surface area contributed by atoms with Crippen molar-refractivity contribution in [1.29, 1.82) is 0 Å². The zero-order valence-corrected chi connectivity index (χ0v) is 18.2. The fourth-order valence-electron chi connectivity index (χ4n) is 2.71. The molecule has 0 saturated heterocycles. The number of amides is 2. The lowest BCUT2D eigenvalue weighted by atomic mass is 10.1. The predicted octanol–water partition coefficient (Wildman–Crippen LogP) is 4.53. The Morgan fingerprint density at radius 1 is 0.867 bits per heavy atom. The highest BCUT2D eigenvalue weighted by molar-refractivity contribution is 9.10. The lowest BCUT2D eigenvalue weighted by Crippen LogP contribution is -2.21. The maximum absolute atomic E-state index is 12.6. The Kier molecular flexibility index (Phi) is 6.98. The molecule has 0 fully saturated rings. The topological polar surface area (TPSA) is 73.8 Å². The van der Waals surface area contributed by atoms with Crippen LogP contribution < -0.4 is 15.6 Å². The molecule has 0 atom stereocenters. The molecule has 0 heterocycles. The summed E-state index contributed by atoms with van der Waals surface area (Å²) in [4.78, 5) is 27.2. The van der Waals surface area contributed by atoms with E-state index >= 15 is 0 Å². The minimum Gasteiger partial charge on any atom is -0.378 e. The molecule has 0 unspecified atom stereocenters. The van der Waals surface area contributed by atoms with Gasteiger partial charge in [0, 0.05) is 24.3 Å². The van der Waals surface area contributed by atoms with E-state index in [9.17, 15) is 9.59 Å². The van der Waals surface area contributed by atoms with Crippen LogP contribution in [0.5, 0.6) is 0 Å². The average molecular weight is 465 g/mol. The lowest BCUT2D eigenvalue weighted by Gasteiger charge is -2.11. The average Bonchev–Trinajstić information content (AvgIpc) is 2.74. The van der Waals surface area contributed by atoms with Gasteiger partial charge in [-0.25, -0.2) is 5.43 Å². The SMILES string of the molecule is CN(C)c1ccc(/C=N/NC(=O)c2ccccc2NC(=O)c2ccccc2Br)cc1. The van der Waals surface area contributed by atoms with Crippen LogP contribution in [0.25, 0.3) is 0 Å². The molecular weight excluding hydrogens is 444 g/mol. The number of hydrogen-bond donors (Lipinski definition) is 2. The van der Waals surface area contributed by atoms with Crippen molar-refractivity contribution in [2.24, 2.45) is 5.10 Å². The second kappa shape index (κ2) is 9.84. The van der Waals surface area contributed by atoms with E-state index in [-0.39, 0.29) is 5.91 Å². The van der Waals surface area contributed by atoms with E-state index in [2.05, 4.69) is 31.8 Å². The van der Waals surface area contributed by atoms with Gasteiger partial charge in [0.1, 0.15) is 0 Å². The standard InChI is InChI=1S/C23H21BrN4O2/c1-28(2)17-13-11-16(12-14-17)15-25-27-23(30)19-8-4-6-10-21(19)26-22(29)18-7-3-5-9-20(18)24/h3-15H,1-2H3,(H,26,29)(H,27,30)/b25-15+. The van der Waals surface area contributed by atoms with Crippen LogP contribution in [-0.4, -0.2) is 32.1 Å². The molecule has 0 aliphatic rings. The van der Waals surface area contributed by atoms with Crippen molar-refractivity contribution in [3.63, 3.8) is 0 Å². The summed E-state index contributed by atoms with van der Waals surface area (Å²) in [5, 5.41) is 6.81. The quantitative estimate of drug-likeness (QED) is 0.415. The summed E-state index contributed by atoms with van der Waals surface area (Å²) in [5.74, 6) is -0.730. The molecule has 6 nitrogen and oxygen atoms in total.